The summed E-state index contributed by atoms with van der Waals surface area (Å²) in [4.78, 5) is 0.291. The lowest BCUT2D eigenvalue weighted by Crippen LogP contribution is -2.24. The van der Waals surface area contributed by atoms with Crippen molar-refractivity contribution < 1.29 is 8.42 Å². The lowest BCUT2D eigenvalue weighted by Gasteiger charge is -2.05. The first-order chi connectivity index (χ1) is 10.5. The number of halogens is 1. The van der Waals surface area contributed by atoms with Gasteiger partial charge in [-0.15, -0.1) is 0 Å². The zero-order chi connectivity index (χ0) is 16.0. The summed E-state index contributed by atoms with van der Waals surface area (Å²) in [6, 6.07) is 14.3. The maximum absolute atomic E-state index is 12.1. The van der Waals surface area contributed by atoms with E-state index in [0.717, 1.165) is 11.1 Å². The summed E-state index contributed by atoms with van der Waals surface area (Å²) in [5.74, 6) is 0. The summed E-state index contributed by atoms with van der Waals surface area (Å²) in [5.41, 5.74) is 2.07. The smallest absolute Gasteiger partial charge is 0.211 e. The second-order valence-electron chi connectivity index (χ2n) is 4.95. The monoisotopic (exact) mass is 335 g/mol. The Bertz CT molecular complexity index is 735. The SMILES string of the molecule is Cc1ccc(S(=O)(=O)NCC/C=C/c2ccc(Cl)cc2)cc1. The number of nitrogens with one attached hydrogen (secondary N) is 1. The van der Waals surface area contributed by atoms with E-state index in [1.165, 1.54) is 0 Å². The molecule has 0 aromatic heterocycles. The highest BCUT2D eigenvalue weighted by molar-refractivity contribution is 7.89. The molecule has 116 valence electrons. The molecular weight excluding hydrogens is 318 g/mol. The molecule has 5 heteroatoms. The van der Waals surface area contributed by atoms with Crippen LogP contribution < -0.4 is 4.72 Å². The van der Waals surface area contributed by atoms with Crippen molar-refractivity contribution in [3.05, 3.63) is 70.8 Å². The Morgan fingerprint density at radius 3 is 2.32 bits per heavy atom. The van der Waals surface area contributed by atoms with E-state index >= 15 is 0 Å². The van der Waals surface area contributed by atoms with Crippen LogP contribution in [0.2, 0.25) is 5.02 Å². The number of hydrogen-bond donors (Lipinski definition) is 1. The second-order valence-corrected chi connectivity index (χ2v) is 7.16. The molecule has 0 heterocycles. The van der Waals surface area contributed by atoms with Gasteiger partial charge in [0.25, 0.3) is 0 Å². The largest absolute Gasteiger partial charge is 0.240 e. The van der Waals surface area contributed by atoms with Crippen molar-refractivity contribution in [1.82, 2.24) is 4.72 Å². The topological polar surface area (TPSA) is 46.2 Å². The van der Waals surface area contributed by atoms with Gasteiger partial charge in [0, 0.05) is 11.6 Å². The van der Waals surface area contributed by atoms with Crippen molar-refractivity contribution in [3.63, 3.8) is 0 Å². The van der Waals surface area contributed by atoms with Gasteiger partial charge < -0.3 is 0 Å². The zero-order valence-corrected chi connectivity index (χ0v) is 13.9. The average Bonchev–Trinajstić information content (AvgIpc) is 2.49. The molecule has 2 rings (SSSR count). The summed E-state index contributed by atoms with van der Waals surface area (Å²) in [6.45, 7) is 2.28. The summed E-state index contributed by atoms with van der Waals surface area (Å²) >= 11 is 5.81. The summed E-state index contributed by atoms with van der Waals surface area (Å²) in [6.07, 6.45) is 4.49. The Morgan fingerprint density at radius 2 is 1.68 bits per heavy atom. The molecule has 0 aliphatic heterocycles. The summed E-state index contributed by atoms with van der Waals surface area (Å²) in [5, 5.41) is 0.697. The zero-order valence-electron chi connectivity index (χ0n) is 12.3. The van der Waals surface area contributed by atoms with Crippen LogP contribution in [0.3, 0.4) is 0 Å². The number of sulfonamides is 1. The number of rotatable bonds is 6. The van der Waals surface area contributed by atoms with Crippen LogP contribution in [0.15, 0.2) is 59.5 Å². The van der Waals surface area contributed by atoms with E-state index in [2.05, 4.69) is 4.72 Å². The van der Waals surface area contributed by atoms with Gasteiger partial charge in [0.1, 0.15) is 0 Å². The Kier molecular flexibility index (Phi) is 5.77. The van der Waals surface area contributed by atoms with Gasteiger partial charge in [0.15, 0.2) is 0 Å². The first-order valence-corrected chi connectivity index (χ1v) is 8.82. The van der Waals surface area contributed by atoms with E-state index in [1.807, 2.05) is 43.3 Å². The fourth-order valence-corrected chi connectivity index (χ4v) is 3.04. The van der Waals surface area contributed by atoms with E-state index in [4.69, 9.17) is 11.6 Å². The normalized spacial score (nSPS) is 11.9. The minimum Gasteiger partial charge on any atom is -0.211 e. The first-order valence-electron chi connectivity index (χ1n) is 6.96. The minimum atomic E-state index is -3.43. The van der Waals surface area contributed by atoms with E-state index in [0.29, 0.717) is 22.9 Å². The molecule has 3 nitrogen and oxygen atoms in total. The predicted molar refractivity (Wildman–Crippen MR) is 91.5 cm³/mol. The maximum Gasteiger partial charge on any atom is 0.240 e. The van der Waals surface area contributed by atoms with E-state index in [1.54, 1.807) is 24.3 Å². The van der Waals surface area contributed by atoms with Crippen LogP contribution in [0.4, 0.5) is 0 Å². The number of benzene rings is 2. The van der Waals surface area contributed by atoms with Crippen LogP contribution in [0, 0.1) is 6.92 Å². The molecule has 0 fully saturated rings. The molecule has 0 aliphatic rings. The van der Waals surface area contributed by atoms with Gasteiger partial charge in [-0.1, -0.05) is 53.6 Å². The van der Waals surface area contributed by atoms with Gasteiger partial charge in [-0.3, -0.25) is 0 Å². The van der Waals surface area contributed by atoms with Crippen molar-refractivity contribution in [2.45, 2.75) is 18.2 Å². The van der Waals surface area contributed by atoms with Crippen LogP contribution >= 0.6 is 11.6 Å². The molecule has 2 aromatic carbocycles. The Morgan fingerprint density at radius 1 is 1.05 bits per heavy atom. The molecule has 22 heavy (non-hydrogen) atoms. The lowest BCUT2D eigenvalue weighted by atomic mass is 10.2. The van der Waals surface area contributed by atoms with E-state index in [-0.39, 0.29) is 0 Å². The molecule has 2 aromatic rings. The maximum atomic E-state index is 12.1. The third kappa shape index (κ3) is 4.98. The average molecular weight is 336 g/mol. The van der Waals surface area contributed by atoms with Gasteiger partial charge in [-0.25, -0.2) is 13.1 Å². The predicted octanol–water partition coefficient (Wildman–Crippen LogP) is 4.03. The Balaban J connectivity index is 1.85. The lowest BCUT2D eigenvalue weighted by molar-refractivity contribution is 0.582. The molecule has 0 radical (unpaired) electrons. The van der Waals surface area contributed by atoms with Crippen molar-refractivity contribution in [1.29, 1.82) is 0 Å². The fraction of sp³-hybridized carbons (Fsp3) is 0.176. The van der Waals surface area contributed by atoms with Gasteiger partial charge in [-0.2, -0.15) is 0 Å². The number of aryl methyl sites for hydroxylation is 1. The fourth-order valence-electron chi connectivity index (χ4n) is 1.87. The highest BCUT2D eigenvalue weighted by Gasteiger charge is 2.11. The molecule has 0 spiro atoms. The van der Waals surface area contributed by atoms with Gasteiger partial charge in [0.2, 0.25) is 10.0 Å². The van der Waals surface area contributed by atoms with Gasteiger partial charge >= 0.3 is 0 Å². The van der Waals surface area contributed by atoms with Crippen LogP contribution in [-0.4, -0.2) is 15.0 Å². The van der Waals surface area contributed by atoms with Crippen LogP contribution in [0.25, 0.3) is 6.08 Å². The summed E-state index contributed by atoms with van der Waals surface area (Å²) < 4.78 is 26.7. The quantitative estimate of drug-likeness (QED) is 0.810. The molecule has 0 bridgehead atoms. The summed E-state index contributed by atoms with van der Waals surface area (Å²) in [7, 11) is -3.43. The van der Waals surface area contributed by atoms with E-state index < -0.39 is 10.0 Å². The van der Waals surface area contributed by atoms with Crippen molar-refractivity contribution in [2.75, 3.05) is 6.54 Å². The molecule has 0 aliphatic carbocycles. The third-order valence-corrected chi connectivity index (χ3v) is 4.84. The van der Waals surface area contributed by atoms with Crippen LogP contribution in [0.5, 0.6) is 0 Å². The first kappa shape index (κ1) is 16.7. The van der Waals surface area contributed by atoms with Crippen molar-refractivity contribution in [3.8, 4) is 0 Å². The Labute approximate surface area is 136 Å². The molecular formula is C17H18ClNO2S. The van der Waals surface area contributed by atoms with Crippen LogP contribution in [0.1, 0.15) is 17.5 Å². The van der Waals surface area contributed by atoms with Gasteiger partial charge in [-0.05, 0) is 43.2 Å². The second kappa shape index (κ2) is 7.58. The molecule has 1 N–H and O–H groups in total. The van der Waals surface area contributed by atoms with Gasteiger partial charge in [0.05, 0.1) is 4.90 Å². The molecule has 0 unspecified atom stereocenters. The van der Waals surface area contributed by atoms with Crippen LogP contribution in [-0.2, 0) is 10.0 Å². The molecule has 0 amide bonds. The third-order valence-electron chi connectivity index (χ3n) is 3.11. The highest BCUT2D eigenvalue weighted by atomic mass is 35.5. The standard InChI is InChI=1S/C17H18ClNO2S/c1-14-5-11-17(12-6-14)22(20,21)19-13-3-2-4-15-7-9-16(18)10-8-15/h2,4-12,19H,3,13H2,1H3/b4-2+. The van der Waals surface area contributed by atoms with Crippen molar-refractivity contribution in [2.24, 2.45) is 0 Å². The van der Waals surface area contributed by atoms with Crippen molar-refractivity contribution >= 4 is 27.7 Å². The molecule has 0 saturated heterocycles. The minimum absolute atomic E-state index is 0.291. The molecule has 0 atom stereocenters. The highest BCUT2D eigenvalue weighted by Crippen LogP contribution is 2.11. The van der Waals surface area contributed by atoms with E-state index in [9.17, 15) is 8.42 Å². The molecule has 0 saturated carbocycles. The number of hydrogen-bond acceptors (Lipinski definition) is 2. The Hall–Kier alpha value is -1.62.